The summed E-state index contributed by atoms with van der Waals surface area (Å²) >= 11 is 0. The third-order valence-corrected chi connectivity index (χ3v) is 7.82. The van der Waals surface area contributed by atoms with E-state index in [-0.39, 0.29) is 12.2 Å². The quantitative estimate of drug-likeness (QED) is 0.154. The number of hydrogen-bond donors (Lipinski definition) is 0. The van der Waals surface area contributed by atoms with E-state index in [4.69, 9.17) is 28.4 Å². The SMILES string of the molecule is Cc1cc(OCC2CO2)cc2cc(Oc3ccc4ccc(Oc5ccc6ccc(OCC7CO7)cc6c5)cc4c3)ccc12. The predicted octanol–water partition coefficient (Wildman–Crippen LogP) is 8.59. The summed E-state index contributed by atoms with van der Waals surface area (Å²) in [5.74, 6) is 4.73. The van der Waals surface area contributed by atoms with Gasteiger partial charge in [-0.1, -0.05) is 30.3 Å². The lowest BCUT2D eigenvalue weighted by molar-refractivity contribution is 0.263. The molecular formula is C37H30O6. The molecule has 2 aliphatic rings. The van der Waals surface area contributed by atoms with Crippen molar-refractivity contribution in [3.63, 3.8) is 0 Å². The van der Waals surface area contributed by atoms with Crippen LogP contribution in [0.2, 0.25) is 0 Å². The average Bonchev–Trinajstić information content (AvgIpc) is 3.95. The molecule has 0 N–H and O–H groups in total. The molecule has 6 nitrogen and oxygen atoms in total. The lowest BCUT2D eigenvalue weighted by atomic mass is 10.0. The third kappa shape index (κ3) is 5.93. The Hall–Kier alpha value is -4.78. The van der Waals surface area contributed by atoms with Crippen LogP contribution in [0, 0.1) is 6.92 Å². The van der Waals surface area contributed by atoms with E-state index in [1.54, 1.807) is 0 Å². The van der Waals surface area contributed by atoms with Crippen LogP contribution in [0.1, 0.15) is 5.56 Å². The Morgan fingerprint density at radius 3 is 1.44 bits per heavy atom. The van der Waals surface area contributed by atoms with Crippen molar-refractivity contribution in [3.05, 3.63) is 109 Å². The first-order chi connectivity index (χ1) is 21.1. The van der Waals surface area contributed by atoms with Gasteiger partial charge < -0.3 is 28.4 Å². The largest absolute Gasteiger partial charge is 0.491 e. The van der Waals surface area contributed by atoms with E-state index in [1.807, 2.05) is 54.6 Å². The maximum Gasteiger partial charge on any atom is 0.128 e. The van der Waals surface area contributed by atoms with Gasteiger partial charge in [-0.2, -0.15) is 0 Å². The van der Waals surface area contributed by atoms with E-state index >= 15 is 0 Å². The van der Waals surface area contributed by atoms with Crippen LogP contribution < -0.4 is 18.9 Å². The molecule has 43 heavy (non-hydrogen) atoms. The molecule has 2 fully saturated rings. The smallest absolute Gasteiger partial charge is 0.128 e. The van der Waals surface area contributed by atoms with Gasteiger partial charge in [0.2, 0.25) is 0 Å². The highest BCUT2D eigenvalue weighted by Crippen LogP contribution is 2.34. The Balaban J connectivity index is 1.01. The number of aryl methyl sites for hydroxylation is 1. The molecule has 6 aromatic carbocycles. The highest BCUT2D eigenvalue weighted by atomic mass is 16.6. The van der Waals surface area contributed by atoms with E-state index < -0.39 is 0 Å². The topological polar surface area (TPSA) is 62.0 Å². The number of benzene rings is 6. The molecule has 0 spiro atoms. The second-order valence-electron chi connectivity index (χ2n) is 11.2. The van der Waals surface area contributed by atoms with Crippen LogP contribution in [0.3, 0.4) is 0 Å². The first-order valence-corrected chi connectivity index (χ1v) is 14.6. The van der Waals surface area contributed by atoms with Crippen molar-refractivity contribution >= 4 is 32.3 Å². The van der Waals surface area contributed by atoms with E-state index in [9.17, 15) is 0 Å². The monoisotopic (exact) mass is 570 g/mol. The first kappa shape index (κ1) is 25.9. The van der Waals surface area contributed by atoms with Crippen LogP contribution in [0.4, 0.5) is 0 Å². The molecule has 0 amide bonds. The zero-order chi connectivity index (χ0) is 28.8. The number of fused-ring (bicyclic) bond motifs is 3. The second-order valence-corrected chi connectivity index (χ2v) is 11.2. The molecule has 2 atom stereocenters. The van der Waals surface area contributed by atoms with Crippen molar-refractivity contribution in [2.45, 2.75) is 19.1 Å². The maximum atomic E-state index is 6.32. The maximum absolute atomic E-state index is 6.32. The summed E-state index contributed by atoms with van der Waals surface area (Å²) < 4.78 is 34.9. The summed E-state index contributed by atoms with van der Waals surface area (Å²) in [4.78, 5) is 0. The highest BCUT2D eigenvalue weighted by Gasteiger charge is 2.23. The van der Waals surface area contributed by atoms with Crippen LogP contribution >= 0.6 is 0 Å². The normalized spacial score (nSPS) is 17.2. The standard InChI is InChI=1S/C37H30O6/c1-23-12-34(39-20-36-22-41-36)18-28-17-33(10-11-37(23)28)43-32-9-5-25-4-8-31(15-27(25)16-32)42-30-7-3-24-2-6-29(13-26(24)14-30)38-19-35-21-40-35/h2-18,35-36H,19-22H2,1H3. The van der Waals surface area contributed by atoms with Gasteiger partial charge in [0, 0.05) is 0 Å². The molecule has 2 unspecified atom stereocenters. The summed E-state index contributed by atoms with van der Waals surface area (Å²) in [6.45, 7) is 4.82. The van der Waals surface area contributed by atoms with Gasteiger partial charge in [-0.25, -0.2) is 0 Å². The van der Waals surface area contributed by atoms with E-state index in [1.165, 1.54) is 5.39 Å². The molecule has 2 heterocycles. The fraction of sp³-hybridized carbons (Fsp3) is 0.189. The second kappa shape index (κ2) is 10.8. The number of epoxide rings is 2. The first-order valence-electron chi connectivity index (χ1n) is 14.6. The Morgan fingerprint density at radius 1 is 0.488 bits per heavy atom. The summed E-state index contributed by atoms with van der Waals surface area (Å²) in [5, 5.41) is 6.57. The zero-order valence-corrected chi connectivity index (χ0v) is 23.7. The van der Waals surface area contributed by atoms with Crippen molar-refractivity contribution < 1.29 is 28.4 Å². The lowest BCUT2D eigenvalue weighted by Crippen LogP contribution is -2.04. The predicted molar refractivity (Wildman–Crippen MR) is 167 cm³/mol. The Morgan fingerprint density at radius 2 is 0.907 bits per heavy atom. The fourth-order valence-electron chi connectivity index (χ4n) is 5.32. The van der Waals surface area contributed by atoms with Crippen molar-refractivity contribution in [1.82, 2.24) is 0 Å². The fourth-order valence-corrected chi connectivity index (χ4v) is 5.32. The average molecular weight is 571 g/mol. The van der Waals surface area contributed by atoms with Gasteiger partial charge >= 0.3 is 0 Å². The van der Waals surface area contributed by atoms with Gasteiger partial charge in [0.25, 0.3) is 0 Å². The zero-order valence-electron chi connectivity index (χ0n) is 23.7. The summed E-state index contributed by atoms with van der Waals surface area (Å²) in [6.07, 6.45) is 0.444. The van der Waals surface area contributed by atoms with Gasteiger partial charge in [0.1, 0.15) is 59.9 Å². The van der Waals surface area contributed by atoms with Crippen LogP contribution in [0.5, 0.6) is 34.5 Å². The molecular weight excluding hydrogens is 540 g/mol. The molecule has 0 saturated carbocycles. The van der Waals surface area contributed by atoms with Crippen molar-refractivity contribution in [3.8, 4) is 34.5 Å². The van der Waals surface area contributed by atoms with E-state index in [0.29, 0.717) is 13.2 Å². The Kier molecular flexibility index (Phi) is 6.51. The van der Waals surface area contributed by atoms with Gasteiger partial charge in [-0.05, 0) is 118 Å². The Bertz CT molecular complexity index is 1970. The molecule has 0 aromatic heterocycles. The molecule has 0 radical (unpaired) electrons. The number of hydrogen-bond acceptors (Lipinski definition) is 6. The minimum absolute atomic E-state index is 0.220. The van der Waals surface area contributed by atoms with Crippen molar-refractivity contribution in [1.29, 1.82) is 0 Å². The molecule has 2 aliphatic heterocycles. The summed E-state index contributed by atoms with van der Waals surface area (Å²) in [6, 6.07) is 34.7. The van der Waals surface area contributed by atoms with Crippen LogP contribution in [0.25, 0.3) is 32.3 Å². The van der Waals surface area contributed by atoms with Crippen molar-refractivity contribution in [2.24, 2.45) is 0 Å². The number of ether oxygens (including phenoxy) is 6. The molecule has 0 aliphatic carbocycles. The van der Waals surface area contributed by atoms with E-state index in [2.05, 4.69) is 55.5 Å². The minimum Gasteiger partial charge on any atom is -0.491 e. The lowest BCUT2D eigenvalue weighted by Gasteiger charge is -2.12. The highest BCUT2D eigenvalue weighted by molar-refractivity contribution is 5.89. The molecule has 6 heteroatoms. The van der Waals surface area contributed by atoms with Gasteiger partial charge in [-0.3, -0.25) is 0 Å². The van der Waals surface area contributed by atoms with Gasteiger partial charge in [-0.15, -0.1) is 0 Å². The van der Waals surface area contributed by atoms with Crippen molar-refractivity contribution in [2.75, 3.05) is 26.4 Å². The number of rotatable bonds is 10. The molecule has 2 saturated heterocycles. The Labute approximate surface area is 249 Å². The van der Waals surface area contributed by atoms with Crippen LogP contribution in [0.15, 0.2) is 103 Å². The molecule has 0 bridgehead atoms. The summed E-state index contributed by atoms with van der Waals surface area (Å²) in [7, 11) is 0. The van der Waals surface area contributed by atoms with Crippen LogP contribution in [-0.2, 0) is 9.47 Å². The van der Waals surface area contributed by atoms with Gasteiger partial charge in [0.15, 0.2) is 0 Å². The molecule has 6 aromatic rings. The molecule has 214 valence electrons. The van der Waals surface area contributed by atoms with Gasteiger partial charge in [0.05, 0.1) is 13.2 Å². The summed E-state index contributed by atoms with van der Waals surface area (Å²) in [5.41, 5.74) is 1.16. The third-order valence-electron chi connectivity index (χ3n) is 7.82. The van der Waals surface area contributed by atoms with Crippen LogP contribution in [-0.4, -0.2) is 38.6 Å². The van der Waals surface area contributed by atoms with E-state index in [0.717, 1.165) is 80.2 Å². The minimum atomic E-state index is 0.220. The molecule has 8 rings (SSSR count).